The van der Waals surface area contributed by atoms with Gasteiger partial charge in [0.1, 0.15) is 0 Å². The Morgan fingerprint density at radius 3 is 2.67 bits per heavy atom. The molecule has 1 aromatic rings. The third-order valence-corrected chi connectivity index (χ3v) is 3.07. The number of thioether (sulfide) groups is 1. The van der Waals surface area contributed by atoms with Gasteiger partial charge in [-0.05, 0) is 25.1 Å². The van der Waals surface area contributed by atoms with Crippen LogP contribution in [0.1, 0.15) is 12.5 Å². The van der Waals surface area contributed by atoms with Crippen LogP contribution in [0.25, 0.3) is 0 Å². The first-order valence-corrected chi connectivity index (χ1v) is 6.19. The smallest absolute Gasteiger partial charge is 0.398 e. The van der Waals surface area contributed by atoms with Crippen LogP contribution in [0.4, 0.5) is 18.9 Å². The molecule has 7 heteroatoms. The average molecular weight is 278 g/mol. The van der Waals surface area contributed by atoms with Gasteiger partial charge in [0.2, 0.25) is 5.91 Å². The maximum absolute atomic E-state index is 12.6. The number of carbonyl (C=O) groups excluding carboxylic acids is 1. The van der Waals surface area contributed by atoms with Crippen LogP contribution >= 0.6 is 11.8 Å². The zero-order chi connectivity index (χ0) is 13.8. The maximum Gasteiger partial charge on any atom is 0.418 e. The quantitative estimate of drug-likeness (QED) is 0.657. The Bertz CT molecular complexity index is 435. The number of carbonyl (C=O) groups is 1. The largest absolute Gasteiger partial charge is 0.418 e. The highest BCUT2D eigenvalue weighted by Crippen LogP contribution is 2.35. The van der Waals surface area contributed by atoms with E-state index < -0.39 is 11.7 Å². The van der Waals surface area contributed by atoms with Gasteiger partial charge in [0.25, 0.3) is 0 Å². The standard InChI is InChI=1S/C11H13F3N2OS/c1-2-16-10(17)6-18-7-3-4-9(15)8(5-7)11(12,13)14/h3-5H,2,6,15H2,1H3,(H,16,17). The van der Waals surface area contributed by atoms with Gasteiger partial charge in [-0.1, -0.05) is 0 Å². The van der Waals surface area contributed by atoms with Crippen LogP contribution in [0.5, 0.6) is 0 Å². The van der Waals surface area contributed by atoms with E-state index in [1.165, 1.54) is 12.1 Å². The number of nitrogens with two attached hydrogens (primary N) is 1. The van der Waals surface area contributed by atoms with Gasteiger partial charge in [0.05, 0.1) is 11.3 Å². The Morgan fingerprint density at radius 1 is 1.44 bits per heavy atom. The van der Waals surface area contributed by atoms with Gasteiger partial charge in [-0.15, -0.1) is 11.8 Å². The van der Waals surface area contributed by atoms with E-state index in [0.29, 0.717) is 11.4 Å². The number of rotatable bonds is 4. The van der Waals surface area contributed by atoms with E-state index in [-0.39, 0.29) is 17.3 Å². The van der Waals surface area contributed by atoms with Crippen LogP contribution < -0.4 is 11.1 Å². The number of anilines is 1. The second-order valence-electron chi connectivity index (χ2n) is 3.49. The molecule has 3 N–H and O–H groups in total. The molecule has 0 spiro atoms. The van der Waals surface area contributed by atoms with Crippen molar-refractivity contribution >= 4 is 23.4 Å². The Balaban J connectivity index is 2.77. The van der Waals surface area contributed by atoms with Gasteiger partial charge in [-0.3, -0.25) is 4.79 Å². The molecule has 1 aromatic carbocycles. The second kappa shape index (κ2) is 5.99. The monoisotopic (exact) mass is 278 g/mol. The first-order chi connectivity index (χ1) is 8.34. The van der Waals surface area contributed by atoms with Gasteiger partial charge < -0.3 is 11.1 Å². The summed E-state index contributed by atoms with van der Waals surface area (Å²) in [6, 6.07) is 3.62. The van der Waals surface area contributed by atoms with Crippen molar-refractivity contribution in [2.45, 2.75) is 18.0 Å². The van der Waals surface area contributed by atoms with Crippen molar-refractivity contribution < 1.29 is 18.0 Å². The zero-order valence-corrected chi connectivity index (χ0v) is 10.5. The maximum atomic E-state index is 12.6. The van der Waals surface area contributed by atoms with Crippen LogP contribution in [-0.4, -0.2) is 18.2 Å². The van der Waals surface area contributed by atoms with Crippen molar-refractivity contribution in [3.8, 4) is 0 Å². The van der Waals surface area contributed by atoms with Crippen LogP contribution in [0.3, 0.4) is 0 Å². The molecule has 0 aromatic heterocycles. The number of halogens is 3. The van der Waals surface area contributed by atoms with Crippen molar-refractivity contribution in [1.29, 1.82) is 0 Å². The highest BCUT2D eigenvalue weighted by molar-refractivity contribution is 8.00. The summed E-state index contributed by atoms with van der Waals surface area (Å²) < 4.78 is 37.7. The molecule has 0 bridgehead atoms. The molecule has 3 nitrogen and oxygen atoms in total. The summed E-state index contributed by atoms with van der Waals surface area (Å²) in [5.41, 5.74) is 4.08. The van der Waals surface area contributed by atoms with Gasteiger partial charge in [-0.25, -0.2) is 0 Å². The van der Waals surface area contributed by atoms with Gasteiger partial charge in [0.15, 0.2) is 0 Å². The number of hydrogen-bond donors (Lipinski definition) is 2. The lowest BCUT2D eigenvalue weighted by Gasteiger charge is -2.11. The zero-order valence-electron chi connectivity index (χ0n) is 9.67. The van der Waals surface area contributed by atoms with Crippen molar-refractivity contribution in [2.24, 2.45) is 0 Å². The van der Waals surface area contributed by atoms with E-state index in [1.807, 2.05) is 0 Å². The third kappa shape index (κ3) is 4.14. The normalized spacial score (nSPS) is 11.3. The number of hydrogen-bond acceptors (Lipinski definition) is 3. The summed E-state index contributed by atoms with van der Waals surface area (Å²) in [6.07, 6.45) is -4.48. The van der Waals surface area contributed by atoms with E-state index in [4.69, 9.17) is 5.73 Å². The number of benzene rings is 1. The van der Waals surface area contributed by atoms with E-state index in [2.05, 4.69) is 5.32 Å². The molecule has 100 valence electrons. The summed E-state index contributed by atoms with van der Waals surface area (Å²) in [6.45, 7) is 2.27. The summed E-state index contributed by atoms with van der Waals surface area (Å²) in [7, 11) is 0. The minimum atomic E-state index is -4.48. The summed E-state index contributed by atoms with van der Waals surface area (Å²) in [5, 5.41) is 2.57. The van der Waals surface area contributed by atoms with Gasteiger partial charge >= 0.3 is 6.18 Å². The van der Waals surface area contributed by atoms with E-state index in [0.717, 1.165) is 17.8 Å². The molecule has 0 aliphatic rings. The first kappa shape index (κ1) is 14.7. The number of amides is 1. The lowest BCUT2D eigenvalue weighted by molar-refractivity contribution is -0.137. The molecule has 0 fully saturated rings. The molecule has 0 atom stereocenters. The highest BCUT2D eigenvalue weighted by atomic mass is 32.2. The van der Waals surface area contributed by atoms with E-state index in [1.54, 1.807) is 6.92 Å². The minimum absolute atomic E-state index is 0.0784. The minimum Gasteiger partial charge on any atom is -0.398 e. The number of nitrogens with one attached hydrogen (secondary N) is 1. The lowest BCUT2D eigenvalue weighted by Crippen LogP contribution is -2.24. The number of nitrogen functional groups attached to an aromatic ring is 1. The SMILES string of the molecule is CCNC(=O)CSc1ccc(N)c(C(F)(F)F)c1. The molecule has 18 heavy (non-hydrogen) atoms. The molecule has 0 aliphatic carbocycles. The average Bonchev–Trinajstić information content (AvgIpc) is 2.27. The first-order valence-electron chi connectivity index (χ1n) is 5.20. The second-order valence-corrected chi connectivity index (χ2v) is 4.54. The predicted molar refractivity (Wildman–Crippen MR) is 65.3 cm³/mol. The fourth-order valence-corrected chi connectivity index (χ4v) is 2.03. The molecule has 1 rings (SSSR count). The summed E-state index contributed by atoms with van der Waals surface area (Å²) >= 11 is 1.04. The Labute approximate surface area is 107 Å². The van der Waals surface area contributed by atoms with Crippen LogP contribution in [0.15, 0.2) is 23.1 Å². The number of alkyl halides is 3. The predicted octanol–water partition coefficient (Wildman–Crippen LogP) is 2.52. The molecular weight excluding hydrogens is 265 g/mol. The van der Waals surface area contributed by atoms with Crippen LogP contribution in [-0.2, 0) is 11.0 Å². The Hall–Kier alpha value is -1.37. The highest BCUT2D eigenvalue weighted by Gasteiger charge is 2.33. The molecule has 0 saturated heterocycles. The molecule has 0 unspecified atom stereocenters. The summed E-state index contributed by atoms with van der Waals surface area (Å²) in [5.74, 6) is -0.136. The van der Waals surface area contributed by atoms with Crippen molar-refractivity contribution in [3.63, 3.8) is 0 Å². The molecule has 0 heterocycles. The summed E-state index contributed by atoms with van der Waals surface area (Å²) in [4.78, 5) is 11.5. The molecular formula is C11H13F3N2OS. The molecule has 0 aliphatic heterocycles. The molecule has 0 saturated carbocycles. The lowest BCUT2D eigenvalue weighted by atomic mass is 10.2. The topological polar surface area (TPSA) is 55.1 Å². The Morgan fingerprint density at radius 2 is 2.11 bits per heavy atom. The third-order valence-electron chi connectivity index (χ3n) is 2.07. The van der Waals surface area contributed by atoms with Gasteiger partial charge in [-0.2, -0.15) is 13.2 Å². The van der Waals surface area contributed by atoms with Crippen molar-refractivity contribution in [3.05, 3.63) is 23.8 Å². The fraction of sp³-hybridized carbons (Fsp3) is 0.364. The van der Waals surface area contributed by atoms with Crippen LogP contribution in [0.2, 0.25) is 0 Å². The van der Waals surface area contributed by atoms with Crippen LogP contribution in [0, 0.1) is 0 Å². The molecule has 1 amide bonds. The van der Waals surface area contributed by atoms with Crippen molar-refractivity contribution in [1.82, 2.24) is 5.32 Å². The van der Waals surface area contributed by atoms with E-state index in [9.17, 15) is 18.0 Å². The van der Waals surface area contributed by atoms with Crippen molar-refractivity contribution in [2.75, 3.05) is 18.0 Å². The fourth-order valence-electron chi connectivity index (χ4n) is 1.27. The van der Waals surface area contributed by atoms with Gasteiger partial charge in [0, 0.05) is 17.1 Å². The Kier molecular flexibility index (Phi) is 4.89. The van der Waals surface area contributed by atoms with E-state index >= 15 is 0 Å². The molecule has 0 radical (unpaired) electrons.